The molecule has 0 aliphatic carbocycles. The van der Waals surface area contributed by atoms with Gasteiger partial charge in [-0.3, -0.25) is 9.52 Å². The minimum Gasteiger partial charge on any atom is -0.482 e. The first-order valence-electron chi connectivity index (χ1n) is 8.91. The van der Waals surface area contributed by atoms with E-state index in [1.807, 2.05) is 6.92 Å². The number of amides is 1. The van der Waals surface area contributed by atoms with E-state index in [9.17, 15) is 13.2 Å². The molecule has 0 aliphatic heterocycles. The Morgan fingerprint density at radius 1 is 0.935 bits per heavy atom. The molecule has 3 rings (SSSR count). The van der Waals surface area contributed by atoms with Gasteiger partial charge in [-0.25, -0.2) is 8.42 Å². The SMILES string of the molecule is Cc1ccc(NS(=O)(=O)c2ccc(OCC(=O)Nc3c(Cl)cccc3Cl)c(Cl)c2)cc1. The number of rotatable bonds is 7. The largest absolute Gasteiger partial charge is 0.482 e. The maximum absolute atomic E-state index is 12.6. The van der Waals surface area contributed by atoms with Crippen molar-refractivity contribution in [2.24, 2.45) is 0 Å². The second kappa shape index (κ2) is 9.78. The normalized spacial score (nSPS) is 11.1. The second-order valence-corrected chi connectivity index (χ2v) is 9.40. The van der Waals surface area contributed by atoms with Gasteiger partial charge in [0.25, 0.3) is 15.9 Å². The molecule has 162 valence electrons. The van der Waals surface area contributed by atoms with Gasteiger partial charge in [-0.2, -0.15) is 0 Å². The molecule has 0 aromatic heterocycles. The van der Waals surface area contributed by atoms with E-state index in [-0.39, 0.29) is 38.0 Å². The summed E-state index contributed by atoms with van der Waals surface area (Å²) in [6, 6.07) is 15.7. The number of halogens is 3. The highest BCUT2D eigenvalue weighted by Gasteiger charge is 2.17. The highest BCUT2D eigenvalue weighted by molar-refractivity contribution is 7.92. The summed E-state index contributed by atoms with van der Waals surface area (Å²) in [5, 5.41) is 3.17. The van der Waals surface area contributed by atoms with E-state index in [1.54, 1.807) is 42.5 Å². The minimum absolute atomic E-state index is 0.0374. The molecule has 10 heteroatoms. The average Bonchev–Trinajstić information content (AvgIpc) is 2.71. The maximum atomic E-state index is 12.6. The molecule has 0 fully saturated rings. The first-order valence-corrected chi connectivity index (χ1v) is 11.5. The molecule has 3 aromatic rings. The van der Waals surface area contributed by atoms with Crippen molar-refractivity contribution >= 4 is 62.1 Å². The smallest absolute Gasteiger partial charge is 0.262 e. The molecule has 0 saturated heterocycles. The van der Waals surface area contributed by atoms with Crippen molar-refractivity contribution in [1.82, 2.24) is 0 Å². The Hall–Kier alpha value is -2.45. The molecular formula is C21H17Cl3N2O4S. The Bertz CT molecular complexity index is 1200. The monoisotopic (exact) mass is 498 g/mol. The van der Waals surface area contributed by atoms with Crippen molar-refractivity contribution in [1.29, 1.82) is 0 Å². The molecule has 2 N–H and O–H groups in total. The van der Waals surface area contributed by atoms with Crippen LogP contribution in [0.1, 0.15) is 5.56 Å². The maximum Gasteiger partial charge on any atom is 0.262 e. The number of para-hydroxylation sites is 1. The van der Waals surface area contributed by atoms with Crippen LogP contribution >= 0.6 is 34.8 Å². The molecule has 1 amide bonds. The quantitative estimate of drug-likeness (QED) is 0.432. The number of sulfonamides is 1. The predicted octanol–water partition coefficient (Wildman–Crippen LogP) is 5.77. The molecule has 0 radical (unpaired) electrons. The Labute approximate surface area is 195 Å². The standard InChI is InChI=1S/C21H17Cl3N2O4S/c1-13-5-7-14(8-6-13)26-31(28,29)15-9-10-19(18(24)11-15)30-12-20(27)25-21-16(22)3-2-4-17(21)23/h2-11,26H,12H2,1H3,(H,25,27). The number of anilines is 2. The van der Waals surface area contributed by atoms with Crippen LogP contribution in [0.2, 0.25) is 15.1 Å². The van der Waals surface area contributed by atoms with Crippen molar-refractivity contribution in [3.8, 4) is 5.75 Å². The Morgan fingerprint density at radius 3 is 2.19 bits per heavy atom. The fourth-order valence-electron chi connectivity index (χ4n) is 2.54. The van der Waals surface area contributed by atoms with Gasteiger partial charge >= 0.3 is 0 Å². The van der Waals surface area contributed by atoms with Crippen molar-refractivity contribution in [2.45, 2.75) is 11.8 Å². The molecule has 0 bridgehead atoms. The number of ether oxygens (including phenoxy) is 1. The Kier molecular flexibility index (Phi) is 7.33. The summed E-state index contributed by atoms with van der Waals surface area (Å²) in [4.78, 5) is 12.1. The van der Waals surface area contributed by atoms with Crippen LogP contribution in [0.4, 0.5) is 11.4 Å². The Balaban J connectivity index is 1.66. The molecule has 6 nitrogen and oxygen atoms in total. The first kappa shape index (κ1) is 23.2. The number of aryl methyl sites for hydroxylation is 1. The zero-order valence-corrected chi connectivity index (χ0v) is 19.2. The zero-order chi connectivity index (χ0) is 22.6. The number of nitrogens with one attached hydrogen (secondary N) is 2. The van der Waals surface area contributed by atoms with Crippen LogP contribution in [-0.4, -0.2) is 20.9 Å². The van der Waals surface area contributed by atoms with Gasteiger partial charge in [-0.05, 0) is 49.4 Å². The lowest BCUT2D eigenvalue weighted by Crippen LogP contribution is -2.20. The summed E-state index contributed by atoms with van der Waals surface area (Å²) in [5.41, 5.74) is 1.71. The number of benzene rings is 3. The van der Waals surface area contributed by atoms with Crippen molar-refractivity contribution in [3.05, 3.63) is 81.3 Å². The summed E-state index contributed by atoms with van der Waals surface area (Å²) in [6.07, 6.45) is 0. The second-order valence-electron chi connectivity index (χ2n) is 6.50. The summed E-state index contributed by atoms with van der Waals surface area (Å²) in [7, 11) is -3.85. The topological polar surface area (TPSA) is 84.5 Å². The van der Waals surface area contributed by atoms with Gasteiger partial charge < -0.3 is 10.1 Å². The molecule has 0 spiro atoms. The number of hydrogen-bond donors (Lipinski definition) is 2. The molecule has 0 atom stereocenters. The predicted molar refractivity (Wildman–Crippen MR) is 124 cm³/mol. The van der Waals surface area contributed by atoms with E-state index < -0.39 is 15.9 Å². The van der Waals surface area contributed by atoms with Crippen molar-refractivity contribution in [2.75, 3.05) is 16.6 Å². The number of hydrogen-bond acceptors (Lipinski definition) is 4. The van der Waals surface area contributed by atoms with E-state index in [2.05, 4.69) is 10.0 Å². The summed E-state index contributed by atoms with van der Waals surface area (Å²) in [5.74, 6) is -0.361. The van der Waals surface area contributed by atoms with Crippen LogP contribution < -0.4 is 14.8 Å². The average molecular weight is 500 g/mol. The number of carbonyl (C=O) groups is 1. The first-order chi connectivity index (χ1) is 14.7. The van der Waals surface area contributed by atoms with Crippen molar-refractivity contribution in [3.63, 3.8) is 0 Å². The van der Waals surface area contributed by atoms with Crippen LogP contribution in [0.25, 0.3) is 0 Å². The molecule has 0 saturated carbocycles. The molecule has 0 unspecified atom stereocenters. The summed E-state index contributed by atoms with van der Waals surface area (Å²) >= 11 is 18.2. The van der Waals surface area contributed by atoms with E-state index in [0.717, 1.165) is 5.56 Å². The third kappa shape index (κ3) is 6.04. The highest BCUT2D eigenvalue weighted by atomic mass is 35.5. The van der Waals surface area contributed by atoms with Gasteiger partial charge in [-0.1, -0.05) is 58.6 Å². The van der Waals surface area contributed by atoms with Crippen LogP contribution in [0.3, 0.4) is 0 Å². The van der Waals surface area contributed by atoms with Crippen LogP contribution in [-0.2, 0) is 14.8 Å². The van der Waals surface area contributed by atoms with Gasteiger partial charge in [0.05, 0.1) is 25.7 Å². The van der Waals surface area contributed by atoms with Crippen LogP contribution in [0.5, 0.6) is 5.75 Å². The Morgan fingerprint density at radius 2 is 1.58 bits per heavy atom. The van der Waals surface area contributed by atoms with Gasteiger partial charge in [0.2, 0.25) is 0 Å². The van der Waals surface area contributed by atoms with E-state index in [4.69, 9.17) is 39.5 Å². The lowest BCUT2D eigenvalue weighted by molar-refractivity contribution is -0.118. The summed E-state index contributed by atoms with van der Waals surface area (Å²) in [6.45, 7) is 1.52. The minimum atomic E-state index is -3.85. The fraction of sp³-hybridized carbons (Fsp3) is 0.0952. The van der Waals surface area contributed by atoms with Crippen molar-refractivity contribution < 1.29 is 17.9 Å². The van der Waals surface area contributed by atoms with Crippen LogP contribution in [0, 0.1) is 6.92 Å². The third-order valence-corrected chi connectivity index (χ3v) is 6.41. The van der Waals surface area contributed by atoms with E-state index >= 15 is 0 Å². The highest BCUT2D eigenvalue weighted by Crippen LogP contribution is 2.31. The van der Waals surface area contributed by atoms with Gasteiger partial charge in [0.1, 0.15) is 5.75 Å². The summed E-state index contributed by atoms with van der Waals surface area (Å²) < 4.78 is 33.1. The van der Waals surface area contributed by atoms with Gasteiger partial charge in [0, 0.05) is 5.69 Å². The molecular weight excluding hydrogens is 483 g/mol. The zero-order valence-electron chi connectivity index (χ0n) is 16.2. The number of carbonyl (C=O) groups excluding carboxylic acids is 1. The molecule has 0 heterocycles. The van der Waals surface area contributed by atoms with E-state index in [1.165, 1.54) is 18.2 Å². The molecule has 3 aromatic carbocycles. The fourth-order valence-corrected chi connectivity index (χ4v) is 4.41. The lowest BCUT2D eigenvalue weighted by atomic mass is 10.2. The third-order valence-electron chi connectivity index (χ3n) is 4.10. The molecule has 0 aliphatic rings. The van der Waals surface area contributed by atoms with E-state index in [0.29, 0.717) is 5.69 Å². The van der Waals surface area contributed by atoms with Gasteiger partial charge in [-0.15, -0.1) is 0 Å². The van der Waals surface area contributed by atoms with Gasteiger partial charge in [0.15, 0.2) is 6.61 Å². The van der Waals surface area contributed by atoms with Crippen LogP contribution in [0.15, 0.2) is 65.6 Å². The molecule has 31 heavy (non-hydrogen) atoms. The lowest BCUT2D eigenvalue weighted by Gasteiger charge is -2.12.